The predicted molar refractivity (Wildman–Crippen MR) is 73.3 cm³/mol. The fourth-order valence-electron chi connectivity index (χ4n) is 1.94. The molecule has 0 bridgehead atoms. The van der Waals surface area contributed by atoms with Gasteiger partial charge in [-0.1, -0.05) is 29.8 Å². The number of hydrogen-bond donors (Lipinski definition) is 1. The molecule has 2 aromatic rings. The van der Waals surface area contributed by atoms with Crippen LogP contribution in [0.5, 0.6) is 0 Å². The number of rotatable bonds is 5. The summed E-state index contributed by atoms with van der Waals surface area (Å²) in [5.41, 5.74) is 3.67. The molecule has 0 amide bonds. The molecule has 0 fully saturated rings. The Balaban J connectivity index is 1.82. The maximum atomic E-state index is 4.29. The first-order valence-electron chi connectivity index (χ1n) is 6.30. The lowest BCUT2D eigenvalue weighted by atomic mass is 10.1. The van der Waals surface area contributed by atoms with E-state index in [1.54, 1.807) is 12.4 Å². The molecule has 0 aliphatic rings. The number of hydrogen-bond acceptors (Lipinski definition) is 3. The molecule has 1 atom stereocenters. The highest BCUT2D eigenvalue weighted by Crippen LogP contribution is 2.08. The largest absolute Gasteiger partial charge is 0.308 e. The zero-order chi connectivity index (χ0) is 12.8. The minimum atomic E-state index is 0.239. The summed E-state index contributed by atoms with van der Waals surface area (Å²) >= 11 is 0. The van der Waals surface area contributed by atoms with Crippen molar-refractivity contribution in [2.45, 2.75) is 26.3 Å². The molecule has 1 aromatic heterocycles. The second kappa shape index (κ2) is 6.26. The van der Waals surface area contributed by atoms with Gasteiger partial charge in [0.1, 0.15) is 0 Å². The Morgan fingerprint density at radius 3 is 2.89 bits per heavy atom. The summed E-state index contributed by atoms with van der Waals surface area (Å²) in [4.78, 5) is 8.37. The first-order valence-corrected chi connectivity index (χ1v) is 6.30. The van der Waals surface area contributed by atoms with Crippen LogP contribution >= 0.6 is 0 Å². The Hall–Kier alpha value is -1.74. The van der Waals surface area contributed by atoms with Crippen LogP contribution in [0, 0.1) is 6.92 Å². The van der Waals surface area contributed by atoms with Crippen LogP contribution in [0.4, 0.5) is 0 Å². The van der Waals surface area contributed by atoms with Gasteiger partial charge in [-0.3, -0.25) is 9.97 Å². The molecular weight excluding hydrogens is 222 g/mol. The number of benzene rings is 1. The average Bonchev–Trinajstić information content (AvgIpc) is 2.40. The van der Waals surface area contributed by atoms with E-state index in [1.165, 1.54) is 11.1 Å². The predicted octanol–water partition coefficient (Wildman–Crippen LogP) is 2.68. The van der Waals surface area contributed by atoms with Crippen LogP contribution in [-0.4, -0.2) is 16.5 Å². The second-order valence-corrected chi connectivity index (χ2v) is 4.55. The van der Waals surface area contributed by atoms with Crippen LogP contribution < -0.4 is 5.32 Å². The maximum absolute atomic E-state index is 4.29. The Kier molecular flexibility index (Phi) is 4.42. The lowest BCUT2D eigenvalue weighted by Gasteiger charge is -2.12. The van der Waals surface area contributed by atoms with Crippen LogP contribution in [0.1, 0.15) is 29.8 Å². The van der Waals surface area contributed by atoms with Gasteiger partial charge in [-0.05, 0) is 32.4 Å². The molecule has 3 heteroatoms. The Labute approximate surface area is 108 Å². The van der Waals surface area contributed by atoms with Crippen molar-refractivity contribution in [2.24, 2.45) is 0 Å². The van der Waals surface area contributed by atoms with E-state index < -0.39 is 0 Å². The summed E-state index contributed by atoms with van der Waals surface area (Å²) in [5, 5.41) is 3.46. The summed E-state index contributed by atoms with van der Waals surface area (Å²) in [7, 11) is 0. The maximum Gasteiger partial charge on any atom is 0.0753 e. The summed E-state index contributed by atoms with van der Waals surface area (Å²) in [6, 6.07) is 8.87. The van der Waals surface area contributed by atoms with Crippen LogP contribution in [0.15, 0.2) is 42.9 Å². The molecule has 94 valence electrons. The topological polar surface area (TPSA) is 37.8 Å². The SMILES string of the molecule is Cc1cccc(CCNC(C)c2cnccn2)c1. The molecule has 0 saturated heterocycles. The van der Waals surface area contributed by atoms with Crippen LogP contribution in [0.25, 0.3) is 0 Å². The summed E-state index contributed by atoms with van der Waals surface area (Å²) in [6.45, 7) is 5.18. The van der Waals surface area contributed by atoms with Crippen molar-refractivity contribution < 1.29 is 0 Å². The molecule has 0 spiro atoms. The standard InChI is InChI=1S/C15H19N3/c1-12-4-3-5-14(10-12)6-7-17-13(2)15-11-16-8-9-18-15/h3-5,8-11,13,17H,6-7H2,1-2H3. The van der Waals surface area contributed by atoms with Gasteiger partial charge < -0.3 is 5.32 Å². The number of aryl methyl sites for hydroxylation is 1. The van der Waals surface area contributed by atoms with Crippen molar-refractivity contribution in [3.05, 3.63) is 59.7 Å². The van der Waals surface area contributed by atoms with E-state index in [2.05, 4.69) is 53.4 Å². The molecular formula is C15H19N3. The van der Waals surface area contributed by atoms with E-state index in [-0.39, 0.29) is 6.04 Å². The first kappa shape index (κ1) is 12.7. The van der Waals surface area contributed by atoms with Gasteiger partial charge in [0, 0.05) is 24.6 Å². The molecule has 0 aliphatic carbocycles. The van der Waals surface area contributed by atoms with Crippen molar-refractivity contribution in [1.82, 2.24) is 15.3 Å². The third-order valence-electron chi connectivity index (χ3n) is 2.97. The molecule has 2 rings (SSSR count). The van der Waals surface area contributed by atoms with Gasteiger partial charge in [-0.25, -0.2) is 0 Å². The van der Waals surface area contributed by atoms with E-state index in [0.717, 1.165) is 18.7 Å². The summed E-state index contributed by atoms with van der Waals surface area (Å²) in [5.74, 6) is 0. The summed E-state index contributed by atoms with van der Waals surface area (Å²) < 4.78 is 0. The Bertz CT molecular complexity index is 482. The van der Waals surface area contributed by atoms with E-state index in [4.69, 9.17) is 0 Å². The average molecular weight is 241 g/mol. The lowest BCUT2D eigenvalue weighted by molar-refractivity contribution is 0.562. The first-order chi connectivity index (χ1) is 8.75. The number of nitrogens with zero attached hydrogens (tertiary/aromatic N) is 2. The molecule has 18 heavy (non-hydrogen) atoms. The van der Waals surface area contributed by atoms with Crippen molar-refractivity contribution in [1.29, 1.82) is 0 Å². The van der Waals surface area contributed by atoms with Gasteiger partial charge in [0.2, 0.25) is 0 Å². The zero-order valence-corrected chi connectivity index (χ0v) is 10.9. The number of aromatic nitrogens is 2. The molecule has 0 radical (unpaired) electrons. The minimum Gasteiger partial charge on any atom is -0.308 e. The van der Waals surface area contributed by atoms with Gasteiger partial charge >= 0.3 is 0 Å². The molecule has 0 saturated carbocycles. The summed E-state index contributed by atoms with van der Waals surface area (Å²) in [6.07, 6.45) is 6.27. The fourth-order valence-corrected chi connectivity index (χ4v) is 1.94. The lowest BCUT2D eigenvalue weighted by Crippen LogP contribution is -2.22. The smallest absolute Gasteiger partial charge is 0.0753 e. The minimum absolute atomic E-state index is 0.239. The van der Waals surface area contributed by atoms with Crippen molar-refractivity contribution in [2.75, 3.05) is 6.54 Å². The van der Waals surface area contributed by atoms with Crippen LogP contribution in [-0.2, 0) is 6.42 Å². The normalized spacial score (nSPS) is 12.3. The highest BCUT2D eigenvalue weighted by molar-refractivity contribution is 5.22. The zero-order valence-electron chi connectivity index (χ0n) is 10.9. The van der Waals surface area contributed by atoms with Crippen LogP contribution in [0.3, 0.4) is 0 Å². The molecule has 0 aliphatic heterocycles. The van der Waals surface area contributed by atoms with Gasteiger partial charge in [0.05, 0.1) is 5.69 Å². The third kappa shape index (κ3) is 3.64. The van der Waals surface area contributed by atoms with Gasteiger partial charge in [0.15, 0.2) is 0 Å². The monoisotopic (exact) mass is 241 g/mol. The van der Waals surface area contributed by atoms with E-state index >= 15 is 0 Å². The number of nitrogens with one attached hydrogen (secondary N) is 1. The van der Waals surface area contributed by atoms with Gasteiger partial charge in [-0.15, -0.1) is 0 Å². The second-order valence-electron chi connectivity index (χ2n) is 4.55. The molecule has 1 unspecified atom stereocenters. The molecule has 1 N–H and O–H groups in total. The third-order valence-corrected chi connectivity index (χ3v) is 2.97. The highest BCUT2D eigenvalue weighted by atomic mass is 14.9. The highest BCUT2D eigenvalue weighted by Gasteiger charge is 2.05. The van der Waals surface area contributed by atoms with Crippen molar-refractivity contribution in [3.63, 3.8) is 0 Å². The van der Waals surface area contributed by atoms with E-state index in [1.807, 2.05) is 6.20 Å². The Morgan fingerprint density at radius 2 is 2.17 bits per heavy atom. The van der Waals surface area contributed by atoms with Crippen molar-refractivity contribution in [3.8, 4) is 0 Å². The Morgan fingerprint density at radius 1 is 1.28 bits per heavy atom. The molecule has 1 aromatic carbocycles. The molecule has 1 heterocycles. The van der Waals surface area contributed by atoms with Crippen LogP contribution in [0.2, 0.25) is 0 Å². The quantitative estimate of drug-likeness (QED) is 0.874. The van der Waals surface area contributed by atoms with Crippen molar-refractivity contribution >= 4 is 0 Å². The fraction of sp³-hybridized carbons (Fsp3) is 0.333. The van der Waals surface area contributed by atoms with Gasteiger partial charge in [0.25, 0.3) is 0 Å². The van der Waals surface area contributed by atoms with E-state index in [9.17, 15) is 0 Å². The van der Waals surface area contributed by atoms with E-state index in [0.29, 0.717) is 0 Å². The molecule has 3 nitrogen and oxygen atoms in total. The van der Waals surface area contributed by atoms with Gasteiger partial charge in [-0.2, -0.15) is 0 Å².